The van der Waals surface area contributed by atoms with Crippen molar-refractivity contribution in [2.75, 3.05) is 0 Å². The Balaban J connectivity index is 0.000000165. The van der Waals surface area contributed by atoms with E-state index in [0.717, 1.165) is 34.2 Å². The van der Waals surface area contributed by atoms with E-state index in [0.29, 0.717) is 0 Å². The molecule has 0 saturated heterocycles. The van der Waals surface area contributed by atoms with Crippen molar-refractivity contribution < 1.29 is 35.0 Å². The maximum Gasteiger partial charge on any atom is 2.00 e. The summed E-state index contributed by atoms with van der Waals surface area (Å²) in [6.45, 7) is 12.9. The van der Waals surface area contributed by atoms with Crippen LogP contribution in [0.3, 0.4) is 0 Å². The molecule has 0 fully saturated rings. The van der Waals surface area contributed by atoms with Crippen molar-refractivity contribution in [1.29, 1.82) is 0 Å². The van der Waals surface area contributed by atoms with E-state index in [1.54, 1.807) is 0 Å². The molecule has 6 aromatic carbocycles. The summed E-state index contributed by atoms with van der Waals surface area (Å²) in [5, 5.41) is 5.09. The van der Waals surface area contributed by atoms with Gasteiger partial charge in [0.2, 0.25) is 0 Å². The van der Waals surface area contributed by atoms with Gasteiger partial charge in [0.25, 0.3) is 0 Å². The van der Waals surface area contributed by atoms with Crippen molar-refractivity contribution in [3.05, 3.63) is 156 Å². The minimum atomic E-state index is 0. The van der Waals surface area contributed by atoms with Crippen molar-refractivity contribution in [3.8, 4) is 44.9 Å². The topological polar surface area (TPSA) is 26.3 Å². The maximum absolute atomic E-state index is 6.14. The summed E-state index contributed by atoms with van der Waals surface area (Å²) < 4.78 is 11.9. The molecule has 2 nitrogen and oxygen atoms in total. The van der Waals surface area contributed by atoms with E-state index < -0.39 is 0 Å². The zero-order valence-corrected chi connectivity index (χ0v) is 31.0. The third kappa shape index (κ3) is 6.62. The Labute approximate surface area is 302 Å². The smallest absolute Gasteiger partial charge is 0.496 e. The van der Waals surface area contributed by atoms with E-state index in [2.05, 4.69) is 156 Å². The van der Waals surface area contributed by atoms with Gasteiger partial charge in [-0.25, -0.2) is 0 Å². The quantitative estimate of drug-likeness (QED) is 0.171. The van der Waals surface area contributed by atoms with Crippen LogP contribution in [-0.2, 0) is 31.6 Å². The Hall–Kier alpha value is -4.46. The molecule has 0 atom stereocenters. The second kappa shape index (κ2) is 13.6. The number of furan rings is 2. The molecule has 0 aliphatic heterocycles. The largest absolute Gasteiger partial charge is 2.00 e. The molecule has 0 saturated carbocycles. The van der Waals surface area contributed by atoms with Crippen LogP contribution in [0.4, 0.5) is 0 Å². The summed E-state index contributed by atoms with van der Waals surface area (Å²) >= 11 is 0. The number of benzene rings is 4. The van der Waals surface area contributed by atoms with Gasteiger partial charge in [-0.05, 0) is 67.3 Å². The summed E-state index contributed by atoms with van der Waals surface area (Å²) in [6.07, 6.45) is 0. The van der Waals surface area contributed by atoms with Gasteiger partial charge in [-0.1, -0.05) is 116 Å². The number of rotatable bonds is 4. The second-order valence-electron chi connectivity index (χ2n) is 13.6. The maximum atomic E-state index is 6.14. The minimum absolute atomic E-state index is 0. The van der Waals surface area contributed by atoms with Crippen LogP contribution in [0.2, 0.25) is 0 Å². The Bertz CT molecular complexity index is 2300. The van der Waals surface area contributed by atoms with Crippen molar-refractivity contribution in [1.82, 2.24) is 0 Å². The third-order valence-corrected chi connectivity index (χ3v) is 8.98. The minimum Gasteiger partial charge on any atom is -0.496 e. The van der Waals surface area contributed by atoms with Crippen LogP contribution in [0.15, 0.2) is 142 Å². The molecule has 0 amide bonds. The Kier molecular flexibility index (Phi) is 9.46. The Morgan fingerprint density at radius 2 is 0.958 bits per heavy atom. The van der Waals surface area contributed by atoms with Crippen molar-refractivity contribution >= 4 is 21.5 Å². The molecule has 0 bridgehead atoms. The molecule has 0 radical (unpaired) electrons. The number of hydrogen-bond donors (Lipinski definition) is 0. The first-order valence-electron chi connectivity index (χ1n) is 16.3. The SMILES string of the molecule is Cc1ccc(-c2cc3c(-c4ccccc4)c(C)ccc3[cH-]2)o1.Cc1ccc2[cH-]c(-c3ccc(C(C)(C)C)o3)cc2c1-c1ccccc1.[Zr+2]. The first-order valence-corrected chi connectivity index (χ1v) is 16.3. The van der Waals surface area contributed by atoms with Gasteiger partial charge in [-0.15, -0.1) is 57.9 Å². The molecular weight excluding hydrogens is 664 g/mol. The Morgan fingerprint density at radius 3 is 1.38 bits per heavy atom. The van der Waals surface area contributed by atoms with Crippen molar-refractivity contribution in [2.45, 2.75) is 47.0 Å². The molecule has 0 aliphatic rings. The van der Waals surface area contributed by atoms with Crippen LogP contribution in [0.5, 0.6) is 0 Å². The fourth-order valence-electron chi connectivity index (χ4n) is 6.53. The molecule has 236 valence electrons. The number of fused-ring (bicyclic) bond motifs is 2. The summed E-state index contributed by atoms with van der Waals surface area (Å²) in [7, 11) is 0. The van der Waals surface area contributed by atoms with E-state index in [9.17, 15) is 0 Å². The fraction of sp³-hybridized carbons (Fsp3) is 0.156. The summed E-state index contributed by atoms with van der Waals surface area (Å²) in [5.41, 5.74) is 10.1. The standard InChI is InChI=1S/C24H23O.C21H17O.Zr/c1-16-10-11-18-14-19(21-12-13-22(25-21)24(2,3)4)15-20(18)23(16)17-8-6-5-7-9-17;1-14-8-10-17-12-18(20-11-9-15(2)22-20)13-19(17)21(14)16-6-4-3-5-7-16;/h5-15H,1-4H3;3-13H,1-2H3;/q2*-1;+2. The van der Waals surface area contributed by atoms with Gasteiger partial charge < -0.3 is 8.83 Å². The predicted octanol–water partition coefficient (Wildman–Crippen LogP) is 13.2. The van der Waals surface area contributed by atoms with Crippen LogP contribution in [-0.4, -0.2) is 0 Å². The summed E-state index contributed by atoms with van der Waals surface area (Å²) in [4.78, 5) is 0. The van der Waals surface area contributed by atoms with Crippen LogP contribution >= 0.6 is 0 Å². The molecule has 0 unspecified atom stereocenters. The van der Waals surface area contributed by atoms with E-state index >= 15 is 0 Å². The van der Waals surface area contributed by atoms with Gasteiger partial charge in [0.05, 0.1) is 23.0 Å². The normalized spacial score (nSPS) is 11.4. The van der Waals surface area contributed by atoms with Gasteiger partial charge in [-0.3, -0.25) is 0 Å². The van der Waals surface area contributed by atoms with Gasteiger partial charge in [-0.2, -0.15) is 0 Å². The van der Waals surface area contributed by atoms with E-state index in [1.165, 1.54) is 54.9 Å². The zero-order chi connectivity index (χ0) is 32.7. The first kappa shape index (κ1) is 33.4. The van der Waals surface area contributed by atoms with E-state index in [4.69, 9.17) is 8.83 Å². The van der Waals surface area contributed by atoms with Gasteiger partial charge >= 0.3 is 26.2 Å². The molecule has 0 aliphatic carbocycles. The molecule has 2 heterocycles. The monoisotopic (exact) mass is 702 g/mol. The van der Waals surface area contributed by atoms with Crippen LogP contribution in [0.1, 0.15) is 43.4 Å². The predicted molar refractivity (Wildman–Crippen MR) is 198 cm³/mol. The summed E-state index contributed by atoms with van der Waals surface area (Å²) in [6, 6.07) is 47.2. The van der Waals surface area contributed by atoms with Crippen LogP contribution < -0.4 is 0 Å². The van der Waals surface area contributed by atoms with Crippen LogP contribution in [0, 0.1) is 20.8 Å². The molecule has 2 aromatic heterocycles. The van der Waals surface area contributed by atoms with E-state index in [-0.39, 0.29) is 31.6 Å². The third-order valence-electron chi connectivity index (χ3n) is 8.98. The van der Waals surface area contributed by atoms with E-state index in [1.807, 2.05) is 19.1 Å². The molecule has 8 aromatic rings. The number of aryl methyl sites for hydroxylation is 3. The van der Waals surface area contributed by atoms with Crippen molar-refractivity contribution in [2.24, 2.45) is 0 Å². The molecule has 48 heavy (non-hydrogen) atoms. The van der Waals surface area contributed by atoms with Crippen molar-refractivity contribution in [3.63, 3.8) is 0 Å². The molecule has 8 rings (SSSR count). The van der Waals surface area contributed by atoms with Gasteiger partial charge in [0.1, 0.15) is 0 Å². The average molecular weight is 704 g/mol. The Morgan fingerprint density at radius 1 is 0.500 bits per heavy atom. The second-order valence-corrected chi connectivity index (χ2v) is 13.6. The molecule has 3 heteroatoms. The van der Waals surface area contributed by atoms with Crippen LogP contribution in [0.25, 0.3) is 66.4 Å². The zero-order valence-electron chi connectivity index (χ0n) is 28.5. The average Bonchev–Trinajstić information content (AvgIpc) is 3.87. The van der Waals surface area contributed by atoms with Gasteiger partial charge in [0, 0.05) is 5.41 Å². The number of hydrogen-bond acceptors (Lipinski definition) is 2. The molecular formula is C45H40O2Zr. The first-order chi connectivity index (χ1) is 22.7. The van der Waals surface area contributed by atoms with Gasteiger partial charge in [0.15, 0.2) is 0 Å². The fourth-order valence-corrected chi connectivity index (χ4v) is 6.53. The molecule has 0 N–H and O–H groups in total. The molecule has 0 spiro atoms. The summed E-state index contributed by atoms with van der Waals surface area (Å²) in [5.74, 6) is 3.84.